The van der Waals surface area contributed by atoms with Gasteiger partial charge in [-0.25, -0.2) is 0 Å². The summed E-state index contributed by atoms with van der Waals surface area (Å²) in [5, 5.41) is 3.74. The molecular weight excluding hydrogens is 386 g/mol. The van der Waals surface area contributed by atoms with E-state index in [1.165, 1.54) is 16.7 Å². The van der Waals surface area contributed by atoms with E-state index in [9.17, 15) is 0 Å². The number of nitrogens with zero attached hydrogens (tertiary/aromatic N) is 2. The third-order valence-electron chi connectivity index (χ3n) is 7.04. The fourth-order valence-electron chi connectivity index (χ4n) is 5.15. The van der Waals surface area contributed by atoms with Crippen molar-refractivity contribution in [2.45, 2.75) is 37.5 Å². The van der Waals surface area contributed by atoms with Crippen LogP contribution in [0, 0.1) is 6.92 Å². The van der Waals surface area contributed by atoms with Crippen molar-refractivity contribution in [3.8, 4) is 5.75 Å². The van der Waals surface area contributed by atoms with Gasteiger partial charge in [0.1, 0.15) is 5.75 Å². The molecular formula is C26H35N3O2. The van der Waals surface area contributed by atoms with Crippen molar-refractivity contribution in [1.29, 1.82) is 0 Å². The lowest BCUT2D eigenvalue weighted by Gasteiger charge is -2.39. The Morgan fingerprint density at radius 3 is 2.58 bits per heavy atom. The number of hydrogen-bond donors (Lipinski definition) is 1. The molecule has 1 atom stereocenters. The molecule has 0 aromatic heterocycles. The zero-order valence-corrected chi connectivity index (χ0v) is 19.1. The number of methoxy groups -OCH3 is 1. The summed E-state index contributed by atoms with van der Waals surface area (Å²) in [6.45, 7) is 6.76. The highest BCUT2D eigenvalue weighted by molar-refractivity contribution is 5.80. The number of nitrogens with one attached hydrogen (secondary N) is 1. The third kappa shape index (κ3) is 4.72. The van der Waals surface area contributed by atoms with Crippen molar-refractivity contribution in [3.05, 3.63) is 65.2 Å². The molecule has 0 aliphatic carbocycles. The van der Waals surface area contributed by atoms with Gasteiger partial charge in [0.05, 0.1) is 7.11 Å². The average Bonchev–Trinajstić information content (AvgIpc) is 3.30. The number of aliphatic imine (C=N–C) groups is 1. The minimum atomic E-state index is 0.0919. The van der Waals surface area contributed by atoms with E-state index >= 15 is 0 Å². The smallest absolute Gasteiger partial charge is 0.193 e. The van der Waals surface area contributed by atoms with Crippen molar-refractivity contribution >= 4 is 5.96 Å². The minimum Gasteiger partial charge on any atom is -0.497 e. The molecule has 0 radical (unpaired) electrons. The molecule has 0 amide bonds. The van der Waals surface area contributed by atoms with Gasteiger partial charge < -0.3 is 19.7 Å². The quantitative estimate of drug-likeness (QED) is 0.583. The average molecular weight is 422 g/mol. The van der Waals surface area contributed by atoms with Gasteiger partial charge in [0.2, 0.25) is 0 Å². The normalized spacial score (nSPS) is 21.2. The number of aryl methyl sites for hydroxylation is 1. The summed E-state index contributed by atoms with van der Waals surface area (Å²) in [6.07, 6.45) is 3.22. The molecule has 5 nitrogen and oxygen atoms in total. The van der Waals surface area contributed by atoms with Gasteiger partial charge in [0, 0.05) is 51.2 Å². The van der Waals surface area contributed by atoms with Gasteiger partial charge in [-0.2, -0.15) is 0 Å². The van der Waals surface area contributed by atoms with E-state index < -0.39 is 0 Å². The van der Waals surface area contributed by atoms with Gasteiger partial charge in [-0.3, -0.25) is 4.99 Å². The van der Waals surface area contributed by atoms with Crippen LogP contribution < -0.4 is 10.1 Å². The van der Waals surface area contributed by atoms with Crippen molar-refractivity contribution in [2.24, 2.45) is 4.99 Å². The van der Waals surface area contributed by atoms with Crippen LogP contribution in [0.4, 0.5) is 0 Å². The molecule has 2 aliphatic heterocycles. The van der Waals surface area contributed by atoms with Crippen molar-refractivity contribution in [2.75, 3.05) is 47.0 Å². The highest BCUT2D eigenvalue weighted by Gasteiger charge is 2.36. The molecule has 2 aromatic carbocycles. The van der Waals surface area contributed by atoms with E-state index in [4.69, 9.17) is 9.47 Å². The first kappa shape index (κ1) is 21.7. The molecule has 2 heterocycles. The van der Waals surface area contributed by atoms with Crippen LogP contribution in [0.5, 0.6) is 5.75 Å². The van der Waals surface area contributed by atoms with E-state index in [-0.39, 0.29) is 5.41 Å². The van der Waals surface area contributed by atoms with Gasteiger partial charge >= 0.3 is 0 Å². The Morgan fingerprint density at radius 1 is 1.16 bits per heavy atom. The molecule has 166 valence electrons. The Bertz CT molecular complexity index is 888. The van der Waals surface area contributed by atoms with Crippen LogP contribution in [0.3, 0.4) is 0 Å². The van der Waals surface area contributed by atoms with E-state index in [0.717, 1.165) is 63.8 Å². The van der Waals surface area contributed by atoms with Gasteiger partial charge in [-0.1, -0.05) is 36.4 Å². The fraction of sp³-hybridized carbons (Fsp3) is 0.500. The summed E-state index contributed by atoms with van der Waals surface area (Å²) >= 11 is 0. The number of ether oxygens (including phenoxy) is 2. The van der Waals surface area contributed by atoms with Crippen molar-refractivity contribution in [3.63, 3.8) is 0 Å². The Morgan fingerprint density at radius 2 is 1.90 bits per heavy atom. The maximum atomic E-state index is 5.72. The van der Waals surface area contributed by atoms with Crippen LogP contribution in [-0.4, -0.2) is 57.9 Å². The number of guanidine groups is 1. The number of hydrogen-bond acceptors (Lipinski definition) is 3. The second-order valence-electron chi connectivity index (χ2n) is 8.81. The maximum absolute atomic E-state index is 5.72. The van der Waals surface area contributed by atoms with E-state index in [1.54, 1.807) is 7.11 Å². The molecule has 0 bridgehead atoms. The predicted octanol–water partition coefficient (Wildman–Crippen LogP) is 4.12. The van der Waals surface area contributed by atoms with Crippen LogP contribution in [0.1, 0.15) is 41.9 Å². The molecule has 31 heavy (non-hydrogen) atoms. The Hall–Kier alpha value is -2.53. The summed E-state index contributed by atoms with van der Waals surface area (Å²) < 4.78 is 11.0. The minimum absolute atomic E-state index is 0.0919. The zero-order chi connectivity index (χ0) is 21.7. The summed E-state index contributed by atoms with van der Waals surface area (Å²) in [5.74, 6) is 2.45. The Labute approximate surface area is 186 Å². The van der Waals surface area contributed by atoms with Crippen LogP contribution in [0.15, 0.2) is 53.5 Å². The van der Waals surface area contributed by atoms with Crippen LogP contribution in [0.25, 0.3) is 0 Å². The Balaban J connectivity index is 1.44. The van der Waals surface area contributed by atoms with E-state index in [1.807, 2.05) is 7.05 Å². The molecule has 2 aliphatic rings. The molecule has 2 aromatic rings. The topological polar surface area (TPSA) is 46.1 Å². The molecule has 0 saturated carbocycles. The maximum Gasteiger partial charge on any atom is 0.193 e. The van der Waals surface area contributed by atoms with Gasteiger partial charge in [-0.15, -0.1) is 0 Å². The molecule has 0 spiro atoms. The predicted molar refractivity (Wildman–Crippen MR) is 126 cm³/mol. The number of likely N-dealkylation sites (tertiary alicyclic amines) is 1. The van der Waals surface area contributed by atoms with Crippen LogP contribution in [-0.2, 0) is 10.2 Å². The van der Waals surface area contributed by atoms with Crippen LogP contribution >= 0.6 is 0 Å². The summed E-state index contributed by atoms with van der Waals surface area (Å²) in [7, 11) is 3.61. The highest BCUT2D eigenvalue weighted by Crippen LogP contribution is 2.36. The third-order valence-corrected chi connectivity index (χ3v) is 7.04. The SMILES string of the molecule is CN=C(NCC1(c2ccccc2C)CCOCC1)N1CCC(c2ccc(OC)cc2)C1. The van der Waals surface area contributed by atoms with Gasteiger partial charge in [0.25, 0.3) is 0 Å². The van der Waals surface area contributed by atoms with Crippen molar-refractivity contribution < 1.29 is 9.47 Å². The molecule has 4 rings (SSSR count). The van der Waals surface area contributed by atoms with Gasteiger partial charge in [-0.05, 0) is 55.0 Å². The fourth-order valence-corrected chi connectivity index (χ4v) is 5.15. The first-order chi connectivity index (χ1) is 15.1. The largest absolute Gasteiger partial charge is 0.497 e. The first-order valence-electron chi connectivity index (χ1n) is 11.4. The second kappa shape index (κ2) is 9.73. The first-order valence-corrected chi connectivity index (χ1v) is 11.4. The molecule has 1 N–H and O–H groups in total. The zero-order valence-electron chi connectivity index (χ0n) is 19.1. The highest BCUT2D eigenvalue weighted by atomic mass is 16.5. The molecule has 5 heteroatoms. The summed E-state index contributed by atoms with van der Waals surface area (Å²) in [4.78, 5) is 7.04. The lowest BCUT2D eigenvalue weighted by molar-refractivity contribution is 0.0510. The Kier molecular flexibility index (Phi) is 6.81. The van der Waals surface area contributed by atoms with Gasteiger partial charge in [0.15, 0.2) is 5.96 Å². The monoisotopic (exact) mass is 421 g/mol. The molecule has 1 unspecified atom stereocenters. The van der Waals surface area contributed by atoms with E-state index in [0.29, 0.717) is 5.92 Å². The van der Waals surface area contributed by atoms with Crippen LogP contribution in [0.2, 0.25) is 0 Å². The molecule has 2 saturated heterocycles. The van der Waals surface area contributed by atoms with Crippen molar-refractivity contribution in [1.82, 2.24) is 10.2 Å². The summed E-state index contributed by atoms with van der Waals surface area (Å²) in [5.41, 5.74) is 4.27. The summed E-state index contributed by atoms with van der Waals surface area (Å²) in [6, 6.07) is 17.3. The number of rotatable bonds is 5. The lowest BCUT2D eigenvalue weighted by Crippen LogP contribution is -2.49. The number of benzene rings is 2. The lowest BCUT2D eigenvalue weighted by atomic mass is 9.72. The second-order valence-corrected chi connectivity index (χ2v) is 8.81. The standard InChI is InChI=1S/C26H35N3O2/c1-20-6-4-5-7-24(20)26(13-16-31-17-14-26)19-28-25(27-2)29-15-12-22(18-29)21-8-10-23(30-3)11-9-21/h4-11,22H,12-19H2,1-3H3,(H,27,28). The molecule has 2 fully saturated rings. The van der Waals surface area contributed by atoms with E-state index in [2.05, 4.69) is 70.7 Å².